The Morgan fingerprint density at radius 2 is 0.729 bits per heavy atom. The second-order valence-corrected chi connectivity index (χ2v) is 25.6. The van der Waals surface area contributed by atoms with E-state index in [1.165, 1.54) is 89.9 Å². The highest BCUT2D eigenvalue weighted by Crippen LogP contribution is 2.33. The predicted octanol–water partition coefficient (Wildman–Crippen LogP) is 10.8. The van der Waals surface area contributed by atoms with Gasteiger partial charge in [0.05, 0.1) is 38.6 Å². The summed E-state index contributed by atoms with van der Waals surface area (Å²) in [6, 6.07) is -1.01. The molecular weight excluding hydrogens is 1230 g/mol. The Morgan fingerprint density at radius 1 is 0.385 bits per heavy atom. The molecule has 0 saturated carbocycles. The third kappa shape index (κ3) is 37.6. The lowest BCUT2D eigenvalue weighted by molar-refractivity contribution is -0.379. The molecule has 550 valence electrons. The highest BCUT2D eigenvalue weighted by molar-refractivity contribution is 5.76. The first-order chi connectivity index (χ1) is 46.8. The molecule has 3 rings (SSSR count). The van der Waals surface area contributed by atoms with Crippen LogP contribution in [0.1, 0.15) is 226 Å². The van der Waals surface area contributed by atoms with Gasteiger partial charge in [-0.15, -0.1) is 0 Å². The Bertz CT molecular complexity index is 2210. The zero-order chi connectivity index (χ0) is 69.6. The molecule has 17 unspecified atom stereocenters. The number of carbonyl (C=O) groups excluding carboxylic acids is 1. The van der Waals surface area contributed by atoms with Crippen molar-refractivity contribution in [3.8, 4) is 0 Å². The number of aliphatic hydroxyl groups excluding tert-OH is 11. The van der Waals surface area contributed by atoms with Crippen LogP contribution in [0.25, 0.3) is 0 Å². The highest BCUT2D eigenvalue weighted by Gasteiger charge is 2.53. The largest absolute Gasteiger partial charge is 0.394 e. The van der Waals surface area contributed by atoms with E-state index in [0.29, 0.717) is 12.8 Å². The predicted molar refractivity (Wildman–Crippen MR) is 378 cm³/mol. The van der Waals surface area contributed by atoms with E-state index in [2.05, 4.69) is 129 Å². The third-order valence-electron chi connectivity index (χ3n) is 17.5. The van der Waals surface area contributed by atoms with Gasteiger partial charge in [-0.2, -0.15) is 0 Å². The van der Waals surface area contributed by atoms with Crippen LogP contribution in [0.3, 0.4) is 0 Å². The molecule has 19 nitrogen and oxygen atoms in total. The molecule has 0 radical (unpaired) electrons. The van der Waals surface area contributed by atoms with Gasteiger partial charge in [-0.05, 0) is 103 Å². The summed E-state index contributed by atoms with van der Waals surface area (Å²) < 4.78 is 34.3. The number of hydrogen-bond donors (Lipinski definition) is 12. The third-order valence-corrected chi connectivity index (χ3v) is 17.5. The number of aliphatic hydroxyl groups is 11. The van der Waals surface area contributed by atoms with Crippen LogP contribution in [0.4, 0.5) is 0 Å². The zero-order valence-electron chi connectivity index (χ0n) is 58.3. The minimum absolute atomic E-state index is 0.217. The van der Waals surface area contributed by atoms with Crippen LogP contribution in [0.5, 0.6) is 0 Å². The van der Waals surface area contributed by atoms with Gasteiger partial charge in [0.25, 0.3) is 0 Å². The molecule has 3 fully saturated rings. The molecule has 96 heavy (non-hydrogen) atoms. The van der Waals surface area contributed by atoms with E-state index >= 15 is 0 Å². The van der Waals surface area contributed by atoms with Crippen LogP contribution < -0.4 is 5.32 Å². The lowest BCUT2D eigenvalue weighted by atomic mass is 9.96. The molecule has 3 saturated heterocycles. The summed E-state index contributed by atoms with van der Waals surface area (Å²) in [4.78, 5) is 13.4. The number of hydrogen-bond acceptors (Lipinski definition) is 18. The SMILES string of the molecule is CC/C=C\C/C=C\C/C=C\C/C=C\C/C=C\C/C=C\C/C=C\CCCCCCCCCCCC(=O)NC(COC1OC(CO)C(OC2OC(CO)C(OC3OC(CO)C(O)C(O)C3O)C(O)C2O)C(O)C1O)C(O)/C=C/CC/C=C/CC/C=C/CCCCCCCCCCCC. The lowest BCUT2D eigenvalue weighted by Crippen LogP contribution is -2.66. The summed E-state index contributed by atoms with van der Waals surface area (Å²) >= 11 is 0. The molecule has 3 aliphatic heterocycles. The fourth-order valence-corrected chi connectivity index (χ4v) is 11.6. The molecule has 0 bridgehead atoms. The summed E-state index contributed by atoms with van der Waals surface area (Å²) in [5.74, 6) is -0.301. The van der Waals surface area contributed by atoms with Crippen molar-refractivity contribution in [3.63, 3.8) is 0 Å². The molecule has 0 aromatic rings. The quantitative estimate of drug-likeness (QED) is 0.0199. The van der Waals surface area contributed by atoms with Gasteiger partial charge in [0.2, 0.25) is 5.91 Å². The van der Waals surface area contributed by atoms with Gasteiger partial charge in [-0.1, -0.05) is 238 Å². The number of carbonyl (C=O) groups is 1. The van der Waals surface area contributed by atoms with Gasteiger partial charge >= 0.3 is 0 Å². The van der Waals surface area contributed by atoms with E-state index in [1.54, 1.807) is 6.08 Å². The first-order valence-corrected chi connectivity index (χ1v) is 36.8. The second-order valence-electron chi connectivity index (χ2n) is 25.6. The first-order valence-electron chi connectivity index (χ1n) is 36.8. The molecule has 19 heteroatoms. The van der Waals surface area contributed by atoms with Crippen LogP contribution in [0.2, 0.25) is 0 Å². The second kappa shape index (κ2) is 56.9. The van der Waals surface area contributed by atoms with Crippen LogP contribution >= 0.6 is 0 Å². The standard InChI is InChI=1S/C77H129NO18/c1-3-5-7-9-11-13-15-17-19-21-23-25-26-27-28-29-30-31-32-33-34-35-37-39-41-43-45-47-49-51-53-55-65(83)78-60(61(82)54-52-50-48-46-44-42-40-38-36-24-22-20-18-16-14-12-10-8-6-4-2)59-91-75-71(89)68(86)73(63(57-80)93-75)96-77-72(90)69(87)74(64(58-81)94-77)95-76-70(88)67(85)66(84)62(56-79)92-76/h5,7,11,13,17,19,23,25,27-28,30-31,33-34,36,38,44,46,52,54,60-64,66-77,79-82,84-90H,3-4,6,8-10,12,14-16,18,20-22,24,26,29,32,35,37,39-43,45,47-51,53,55-59H2,1-2H3,(H,78,83)/b7-5-,13-11-,19-17-,25-23-,28-27-,31-30-,34-33-,38-36+,46-44+,54-52+. The number of rotatable bonds is 55. The zero-order valence-corrected chi connectivity index (χ0v) is 58.3. The molecule has 12 N–H and O–H groups in total. The molecule has 0 aromatic heterocycles. The molecule has 0 spiro atoms. The molecule has 0 aliphatic carbocycles. The van der Waals surface area contributed by atoms with Crippen LogP contribution in [0.15, 0.2) is 122 Å². The van der Waals surface area contributed by atoms with Crippen molar-refractivity contribution in [2.45, 2.75) is 330 Å². The average Bonchev–Trinajstić information content (AvgIpc) is 0.786. The van der Waals surface area contributed by atoms with Crippen molar-refractivity contribution in [2.24, 2.45) is 0 Å². The summed E-state index contributed by atoms with van der Waals surface area (Å²) in [7, 11) is 0. The smallest absolute Gasteiger partial charge is 0.220 e. The Morgan fingerprint density at radius 3 is 1.17 bits per heavy atom. The number of unbranched alkanes of at least 4 members (excludes halogenated alkanes) is 21. The summed E-state index contributed by atoms with van der Waals surface area (Å²) in [5.41, 5.74) is 0. The number of nitrogens with one attached hydrogen (secondary N) is 1. The Labute approximate surface area is 576 Å². The molecule has 1 amide bonds. The number of amides is 1. The average molecular weight is 1360 g/mol. The highest BCUT2D eigenvalue weighted by atomic mass is 16.8. The van der Waals surface area contributed by atoms with E-state index < -0.39 is 124 Å². The maximum atomic E-state index is 13.4. The van der Waals surface area contributed by atoms with Gasteiger partial charge in [0.1, 0.15) is 73.2 Å². The van der Waals surface area contributed by atoms with Crippen molar-refractivity contribution in [1.29, 1.82) is 0 Å². The van der Waals surface area contributed by atoms with Crippen LogP contribution in [0, 0.1) is 0 Å². The maximum absolute atomic E-state index is 13.4. The van der Waals surface area contributed by atoms with Crippen molar-refractivity contribution < 1.29 is 89.4 Å². The van der Waals surface area contributed by atoms with Gasteiger partial charge in [0.15, 0.2) is 18.9 Å². The Balaban J connectivity index is 1.42. The topological polar surface area (TPSA) is 307 Å². The van der Waals surface area contributed by atoms with Gasteiger partial charge in [-0.25, -0.2) is 0 Å². The fourth-order valence-electron chi connectivity index (χ4n) is 11.6. The van der Waals surface area contributed by atoms with Crippen LogP contribution in [-0.4, -0.2) is 193 Å². The molecule has 3 heterocycles. The van der Waals surface area contributed by atoms with Crippen molar-refractivity contribution >= 4 is 5.91 Å². The maximum Gasteiger partial charge on any atom is 0.220 e. The van der Waals surface area contributed by atoms with Gasteiger partial charge < -0.3 is 89.9 Å². The van der Waals surface area contributed by atoms with Gasteiger partial charge in [0, 0.05) is 6.42 Å². The van der Waals surface area contributed by atoms with E-state index in [0.717, 1.165) is 103 Å². The number of ether oxygens (including phenoxy) is 6. The Hall–Kier alpha value is -3.81. The Kier molecular flexibility index (Phi) is 51.2. The van der Waals surface area contributed by atoms with Crippen LogP contribution in [-0.2, 0) is 33.2 Å². The monoisotopic (exact) mass is 1360 g/mol. The minimum Gasteiger partial charge on any atom is -0.394 e. The van der Waals surface area contributed by atoms with E-state index in [-0.39, 0.29) is 18.9 Å². The molecular formula is C77H129NO18. The first kappa shape index (κ1) is 86.4. The van der Waals surface area contributed by atoms with Crippen molar-refractivity contribution in [2.75, 3.05) is 26.4 Å². The molecule has 3 aliphatic rings. The summed E-state index contributed by atoms with van der Waals surface area (Å²) in [6.07, 6.45) is 51.7. The van der Waals surface area contributed by atoms with E-state index in [1.807, 2.05) is 6.08 Å². The van der Waals surface area contributed by atoms with Gasteiger partial charge in [-0.3, -0.25) is 4.79 Å². The normalized spacial score (nSPS) is 27.8. The lowest BCUT2D eigenvalue weighted by Gasteiger charge is -2.48. The van der Waals surface area contributed by atoms with Crippen molar-refractivity contribution in [3.05, 3.63) is 122 Å². The summed E-state index contributed by atoms with van der Waals surface area (Å²) in [6.45, 7) is 1.58. The molecule has 0 aromatic carbocycles. The minimum atomic E-state index is -1.99. The number of allylic oxidation sites excluding steroid dienone is 19. The van der Waals surface area contributed by atoms with Crippen molar-refractivity contribution in [1.82, 2.24) is 5.32 Å². The fraction of sp³-hybridized carbons (Fsp3) is 0.727. The molecule has 17 atom stereocenters. The van der Waals surface area contributed by atoms with E-state index in [9.17, 15) is 61.0 Å². The summed E-state index contributed by atoms with van der Waals surface area (Å²) in [5, 5.41) is 121. The van der Waals surface area contributed by atoms with E-state index in [4.69, 9.17) is 28.4 Å².